The molecule has 1 aromatic rings. The van der Waals surface area contributed by atoms with Gasteiger partial charge in [0.2, 0.25) is 0 Å². The van der Waals surface area contributed by atoms with Crippen molar-refractivity contribution in [3.63, 3.8) is 0 Å². The number of ether oxygens (including phenoxy) is 1. The van der Waals surface area contributed by atoms with Gasteiger partial charge in [0.15, 0.2) is 0 Å². The molecule has 0 unspecified atom stereocenters. The number of carbonyl (C=O) groups is 1. The van der Waals surface area contributed by atoms with Crippen LogP contribution >= 0.6 is 0 Å². The van der Waals surface area contributed by atoms with Crippen molar-refractivity contribution in [3.05, 3.63) is 75.4 Å². The minimum absolute atomic E-state index is 0.164. The lowest BCUT2D eigenvalue weighted by Crippen LogP contribution is -2.02. The van der Waals surface area contributed by atoms with Gasteiger partial charge >= 0.3 is 5.97 Å². The molecule has 1 aliphatic rings. The van der Waals surface area contributed by atoms with Crippen LogP contribution in [0.5, 0.6) is 11.5 Å². The van der Waals surface area contributed by atoms with E-state index in [1.807, 2.05) is 13.8 Å². The maximum Gasteiger partial charge on any atom is 0.344 e. The van der Waals surface area contributed by atoms with Gasteiger partial charge in [-0.05, 0) is 106 Å². The van der Waals surface area contributed by atoms with Crippen LogP contribution in [0.15, 0.2) is 64.3 Å². The van der Waals surface area contributed by atoms with Crippen LogP contribution in [-0.2, 0) is 11.2 Å². The quantitative estimate of drug-likeness (QED) is 0.155. The first kappa shape index (κ1) is 27.4. The summed E-state index contributed by atoms with van der Waals surface area (Å²) in [6.45, 7) is 14.7. The number of hydrogen-bond acceptors (Lipinski definition) is 3. The van der Waals surface area contributed by atoms with Crippen LogP contribution in [0.2, 0.25) is 0 Å². The summed E-state index contributed by atoms with van der Waals surface area (Å²) in [6, 6.07) is 3.32. The summed E-state index contributed by atoms with van der Waals surface area (Å²) < 4.78 is 5.54. The molecule has 184 valence electrons. The van der Waals surface area contributed by atoms with Gasteiger partial charge in [0.05, 0.1) is 5.57 Å². The van der Waals surface area contributed by atoms with Crippen molar-refractivity contribution >= 4 is 11.5 Å². The van der Waals surface area contributed by atoms with Crippen molar-refractivity contribution in [2.45, 2.75) is 93.4 Å². The van der Waals surface area contributed by atoms with E-state index in [2.05, 4.69) is 58.9 Å². The Morgan fingerprint density at radius 1 is 0.794 bits per heavy atom. The Hall–Kier alpha value is -2.81. The fourth-order valence-electron chi connectivity index (χ4n) is 4.13. The predicted octanol–water partition coefficient (Wildman–Crippen LogP) is 8.79. The Bertz CT molecular complexity index is 1040. The van der Waals surface area contributed by atoms with Crippen molar-refractivity contribution in [1.29, 1.82) is 0 Å². The fraction of sp³-hybridized carbons (Fsp3) is 0.452. The minimum atomic E-state index is -0.332. The Balaban J connectivity index is 1.88. The molecule has 0 spiro atoms. The number of phenols is 1. The first-order chi connectivity index (χ1) is 16.1. The number of phenolic OH excluding ortho intramolecular Hbond substituents is 1. The molecule has 0 aliphatic carbocycles. The summed E-state index contributed by atoms with van der Waals surface area (Å²) in [5.74, 6) is 0.417. The zero-order valence-electron chi connectivity index (χ0n) is 22.2. The molecule has 3 nitrogen and oxygen atoms in total. The second kappa shape index (κ2) is 13.2. The molecule has 0 radical (unpaired) electrons. The van der Waals surface area contributed by atoms with Crippen molar-refractivity contribution < 1.29 is 14.6 Å². The van der Waals surface area contributed by atoms with E-state index in [9.17, 15) is 9.90 Å². The SMILES string of the molecule is CC(C)=CCCC(C)=CCCC(C)=CCCC(C)=CCc1cc(O)cc2c1OC(=O)C2=C(C)C. The minimum Gasteiger partial charge on any atom is -0.508 e. The van der Waals surface area contributed by atoms with E-state index in [4.69, 9.17) is 4.74 Å². The predicted molar refractivity (Wildman–Crippen MR) is 144 cm³/mol. The number of esters is 1. The Kier molecular flexibility index (Phi) is 10.6. The maximum atomic E-state index is 12.3. The molecule has 0 atom stereocenters. The fourth-order valence-corrected chi connectivity index (χ4v) is 4.13. The first-order valence-corrected chi connectivity index (χ1v) is 12.4. The summed E-state index contributed by atoms with van der Waals surface area (Å²) in [5.41, 5.74) is 8.60. The van der Waals surface area contributed by atoms with Crippen LogP contribution in [-0.4, -0.2) is 11.1 Å². The van der Waals surface area contributed by atoms with E-state index >= 15 is 0 Å². The summed E-state index contributed by atoms with van der Waals surface area (Å²) >= 11 is 0. The molecule has 1 heterocycles. The van der Waals surface area contributed by atoms with Gasteiger partial charge in [-0.1, -0.05) is 52.2 Å². The number of carbonyl (C=O) groups excluding carboxylic acids is 1. The molecule has 3 heteroatoms. The topological polar surface area (TPSA) is 46.5 Å². The van der Waals surface area contributed by atoms with Crippen molar-refractivity contribution in [1.82, 2.24) is 0 Å². The summed E-state index contributed by atoms with van der Waals surface area (Å²) in [4.78, 5) is 12.3. The van der Waals surface area contributed by atoms with E-state index < -0.39 is 0 Å². The molecule has 0 amide bonds. The van der Waals surface area contributed by atoms with Gasteiger partial charge in [-0.3, -0.25) is 0 Å². The highest BCUT2D eigenvalue weighted by Crippen LogP contribution is 2.41. The smallest absolute Gasteiger partial charge is 0.344 e. The lowest BCUT2D eigenvalue weighted by molar-refractivity contribution is -0.127. The van der Waals surface area contributed by atoms with Gasteiger partial charge in [0, 0.05) is 11.1 Å². The molecule has 1 N–H and O–H groups in total. The average Bonchev–Trinajstić information content (AvgIpc) is 3.07. The van der Waals surface area contributed by atoms with Gasteiger partial charge in [-0.25, -0.2) is 4.79 Å². The van der Waals surface area contributed by atoms with Crippen molar-refractivity contribution in [2.24, 2.45) is 0 Å². The highest BCUT2D eigenvalue weighted by atomic mass is 16.5. The zero-order valence-corrected chi connectivity index (χ0v) is 22.2. The van der Waals surface area contributed by atoms with Crippen molar-refractivity contribution in [3.8, 4) is 11.5 Å². The van der Waals surface area contributed by atoms with E-state index in [-0.39, 0.29) is 11.7 Å². The largest absolute Gasteiger partial charge is 0.508 e. The molecular formula is C31H42O3. The molecule has 0 fully saturated rings. The molecule has 2 rings (SSSR count). The molecule has 0 bridgehead atoms. The standard InChI is InChI=1S/C31H42O3/c1-21(2)11-8-12-23(5)13-9-14-24(6)15-10-16-25(7)17-18-26-19-27(32)20-28-29(22(3)4)31(33)34-30(26)28/h11,13,15,17,19-20,32H,8-10,12,14,16,18H2,1-7H3. The Morgan fingerprint density at radius 3 is 1.85 bits per heavy atom. The van der Waals surface area contributed by atoms with E-state index in [0.717, 1.165) is 49.7 Å². The highest BCUT2D eigenvalue weighted by molar-refractivity contribution is 6.22. The number of allylic oxidation sites excluding steroid dienone is 9. The van der Waals surface area contributed by atoms with Gasteiger partial charge in [0.1, 0.15) is 11.5 Å². The first-order valence-electron chi connectivity index (χ1n) is 12.4. The highest BCUT2D eigenvalue weighted by Gasteiger charge is 2.30. The van der Waals surface area contributed by atoms with Crippen LogP contribution in [0.3, 0.4) is 0 Å². The third-order valence-corrected chi connectivity index (χ3v) is 6.14. The number of benzene rings is 1. The number of hydrogen-bond donors (Lipinski definition) is 1. The van der Waals surface area contributed by atoms with E-state index in [1.165, 1.54) is 22.3 Å². The number of rotatable bonds is 11. The number of fused-ring (bicyclic) bond motifs is 1. The summed E-state index contributed by atoms with van der Waals surface area (Å²) in [5, 5.41) is 10.2. The zero-order chi connectivity index (χ0) is 25.3. The molecule has 34 heavy (non-hydrogen) atoms. The van der Waals surface area contributed by atoms with Crippen molar-refractivity contribution in [2.75, 3.05) is 0 Å². The van der Waals surface area contributed by atoms with Gasteiger partial charge < -0.3 is 9.84 Å². The monoisotopic (exact) mass is 462 g/mol. The van der Waals surface area contributed by atoms with Crippen LogP contribution in [0.25, 0.3) is 5.57 Å². The maximum absolute atomic E-state index is 12.3. The van der Waals surface area contributed by atoms with E-state index in [0.29, 0.717) is 23.3 Å². The molecule has 0 saturated carbocycles. The van der Waals surface area contributed by atoms with Gasteiger partial charge in [-0.15, -0.1) is 0 Å². The van der Waals surface area contributed by atoms with E-state index in [1.54, 1.807) is 12.1 Å². The summed E-state index contributed by atoms with van der Waals surface area (Å²) in [7, 11) is 0. The van der Waals surface area contributed by atoms with Gasteiger partial charge in [0.25, 0.3) is 0 Å². The Labute approximate surface area is 206 Å². The normalized spacial score (nSPS) is 14.3. The van der Waals surface area contributed by atoms with Gasteiger partial charge in [-0.2, -0.15) is 0 Å². The lowest BCUT2D eigenvalue weighted by Gasteiger charge is -2.07. The molecular weight excluding hydrogens is 420 g/mol. The molecule has 0 aromatic heterocycles. The third-order valence-electron chi connectivity index (χ3n) is 6.14. The van der Waals surface area contributed by atoms with Crippen LogP contribution in [0.1, 0.15) is 98.1 Å². The lowest BCUT2D eigenvalue weighted by atomic mass is 9.98. The second-order valence-electron chi connectivity index (χ2n) is 10.00. The van der Waals surface area contributed by atoms with Crippen LogP contribution in [0, 0.1) is 0 Å². The third kappa shape index (κ3) is 8.52. The molecule has 1 aliphatic heterocycles. The average molecular weight is 463 g/mol. The summed E-state index contributed by atoms with van der Waals surface area (Å²) in [6.07, 6.45) is 16.3. The van der Waals surface area contributed by atoms with Crippen LogP contribution < -0.4 is 4.74 Å². The Morgan fingerprint density at radius 2 is 1.32 bits per heavy atom. The molecule has 1 aromatic carbocycles. The second-order valence-corrected chi connectivity index (χ2v) is 10.00. The molecule has 0 saturated heterocycles. The number of aromatic hydroxyl groups is 1. The van der Waals surface area contributed by atoms with Crippen LogP contribution in [0.4, 0.5) is 0 Å².